The van der Waals surface area contributed by atoms with Crippen molar-refractivity contribution in [1.29, 1.82) is 0 Å². The first-order valence-electron chi connectivity index (χ1n) is 5.56. The van der Waals surface area contributed by atoms with Crippen LogP contribution in [-0.2, 0) is 0 Å². The normalized spacial score (nSPS) is 10.9. The molecule has 0 amide bonds. The Morgan fingerprint density at radius 2 is 2.26 bits per heavy atom. The van der Waals surface area contributed by atoms with Gasteiger partial charge in [-0.25, -0.2) is 4.98 Å². The number of furan rings is 1. The minimum Gasteiger partial charge on any atom is -0.463 e. The molecule has 0 unspecified atom stereocenters. The topological polar surface area (TPSA) is 81.1 Å². The van der Waals surface area contributed by atoms with Gasteiger partial charge in [-0.1, -0.05) is 0 Å². The molecule has 0 saturated carbocycles. The lowest BCUT2D eigenvalue weighted by molar-refractivity contribution is 0.560. The van der Waals surface area contributed by atoms with Crippen LogP contribution in [0.1, 0.15) is 5.76 Å². The lowest BCUT2D eigenvalue weighted by Crippen LogP contribution is -1.99. The molecule has 0 fully saturated rings. The van der Waals surface area contributed by atoms with E-state index in [1.165, 1.54) is 0 Å². The van der Waals surface area contributed by atoms with E-state index in [4.69, 9.17) is 4.42 Å². The molecule has 94 valence electrons. The molecule has 1 N–H and O–H groups in total. The number of nitrogens with zero attached hydrogens (tertiary/aromatic N) is 5. The molecule has 0 aromatic carbocycles. The number of hydrogen-bond acceptors (Lipinski definition) is 6. The van der Waals surface area contributed by atoms with Gasteiger partial charge in [-0.3, -0.25) is 9.99 Å². The van der Waals surface area contributed by atoms with Gasteiger partial charge in [0.25, 0.3) is 0 Å². The molecule has 19 heavy (non-hydrogen) atoms. The Morgan fingerprint density at radius 1 is 1.26 bits per heavy atom. The van der Waals surface area contributed by atoms with Gasteiger partial charge in [-0.15, -0.1) is 10.2 Å². The van der Waals surface area contributed by atoms with E-state index in [9.17, 15) is 0 Å². The molecule has 0 bridgehead atoms. The molecule has 0 radical (unpaired) electrons. The minimum atomic E-state index is 0.548. The van der Waals surface area contributed by atoms with Crippen molar-refractivity contribution >= 4 is 12.0 Å². The van der Waals surface area contributed by atoms with Crippen LogP contribution in [0.25, 0.3) is 5.82 Å². The lowest BCUT2D eigenvalue weighted by atomic mass is 10.5. The Hall–Kier alpha value is -2.96. The summed E-state index contributed by atoms with van der Waals surface area (Å²) in [4.78, 5) is 3.94. The maximum Gasteiger partial charge on any atom is 0.168 e. The molecule has 3 rings (SSSR count). The van der Waals surface area contributed by atoms with Crippen LogP contribution in [0.4, 0.5) is 5.82 Å². The van der Waals surface area contributed by atoms with Gasteiger partial charge in [0.15, 0.2) is 11.6 Å². The van der Waals surface area contributed by atoms with Crippen LogP contribution in [0.3, 0.4) is 0 Å². The predicted octanol–water partition coefficient (Wildman–Crippen LogP) is 1.70. The molecule has 7 nitrogen and oxygen atoms in total. The van der Waals surface area contributed by atoms with E-state index >= 15 is 0 Å². The SMILES string of the molecule is C(=N\Nc1ccc(-n2ccnc2)nn1)/c1ccco1. The smallest absolute Gasteiger partial charge is 0.168 e. The zero-order valence-electron chi connectivity index (χ0n) is 9.84. The fraction of sp³-hybridized carbons (Fsp3) is 0. The molecule has 3 heterocycles. The molecule has 3 aromatic heterocycles. The van der Waals surface area contributed by atoms with Gasteiger partial charge >= 0.3 is 0 Å². The van der Waals surface area contributed by atoms with Crippen LogP contribution < -0.4 is 5.43 Å². The summed E-state index contributed by atoms with van der Waals surface area (Å²) in [5, 5.41) is 12.0. The van der Waals surface area contributed by atoms with Crippen LogP contribution in [0.5, 0.6) is 0 Å². The average Bonchev–Trinajstić information content (AvgIpc) is 3.13. The third kappa shape index (κ3) is 2.65. The van der Waals surface area contributed by atoms with Gasteiger partial charge in [-0.05, 0) is 24.3 Å². The highest BCUT2D eigenvalue weighted by Crippen LogP contribution is 2.06. The summed E-state index contributed by atoms with van der Waals surface area (Å²) in [6.45, 7) is 0. The van der Waals surface area contributed by atoms with E-state index in [0.717, 1.165) is 0 Å². The Balaban J connectivity index is 1.66. The summed E-state index contributed by atoms with van der Waals surface area (Å²) in [6.07, 6.45) is 8.28. The lowest BCUT2D eigenvalue weighted by Gasteiger charge is -2.01. The number of anilines is 1. The number of hydrogen-bond donors (Lipinski definition) is 1. The number of hydrazone groups is 1. The second-order valence-corrected chi connectivity index (χ2v) is 3.63. The second-order valence-electron chi connectivity index (χ2n) is 3.63. The Morgan fingerprint density at radius 3 is 2.95 bits per heavy atom. The molecule has 0 aliphatic rings. The Bertz CT molecular complexity index is 642. The zero-order chi connectivity index (χ0) is 12.9. The highest BCUT2D eigenvalue weighted by atomic mass is 16.3. The Labute approximate surface area is 108 Å². The van der Waals surface area contributed by atoms with Crippen molar-refractivity contribution in [3.8, 4) is 5.82 Å². The summed E-state index contributed by atoms with van der Waals surface area (Å²) in [5.41, 5.74) is 2.77. The zero-order valence-corrected chi connectivity index (χ0v) is 9.84. The van der Waals surface area contributed by atoms with E-state index in [1.807, 2.05) is 6.07 Å². The molecule has 3 aromatic rings. The monoisotopic (exact) mass is 254 g/mol. The molecule has 0 atom stereocenters. The number of nitrogens with one attached hydrogen (secondary N) is 1. The summed E-state index contributed by atoms with van der Waals surface area (Å²) in [7, 11) is 0. The fourth-order valence-electron chi connectivity index (χ4n) is 1.44. The second kappa shape index (κ2) is 5.13. The van der Waals surface area contributed by atoms with Gasteiger partial charge in [0.2, 0.25) is 0 Å². The highest BCUT2D eigenvalue weighted by Gasteiger charge is 1.98. The third-order valence-corrected chi connectivity index (χ3v) is 2.33. The van der Waals surface area contributed by atoms with E-state index in [-0.39, 0.29) is 0 Å². The van der Waals surface area contributed by atoms with Crippen molar-refractivity contribution in [3.63, 3.8) is 0 Å². The number of imidazole rings is 1. The standard InChI is InChI=1S/C12H10N6O/c1-2-10(19-7-1)8-14-15-11-3-4-12(17-16-11)18-6-5-13-9-18/h1-9H,(H,15,16)/b14-8+. The molecule has 0 spiro atoms. The molecule has 7 heteroatoms. The van der Waals surface area contributed by atoms with Gasteiger partial charge in [0, 0.05) is 12.4 Å². The first-order chi connectivity index (χ1) is 9.42. The molecular weight excluding hydrogens is 244 g/mol. The third-order valence-electron chi connectivity index (χ3n) is 2.33. The fourth-order valence-corrected chi connectivity index (χ4v) is 1.44. The van der Waals surface area contributed by atoms with Crippen LogP contribution in [0.15, 0.2) is 58.8 Å². The number of aromatic nitrogens is 4. The first kappa shape index (κ1) is 11.1. The van der Waals surface area contributed by atoms with Crippen LogP contribution in [-0.4, -0.2) is 26.0 Å². The van der Waals surface area contributed by atoms with Crippen molar-refractivity contribution in [3.05, 3.63) is 55.0 Å². The van der Waals surface area contributed by atoms with E-state index in [1.54, 1.807) is 54.0 Å². The van der Waals surface area contributed by atoms with Crippen molar-refractivity contribution < 1.29 is 4.42 Å². The van der Waals surface area contributed by atoms with Crippen molar-refractivity contribution in [1.82, 2.24) is 19.7 Å². The van der Waals surface area contributed by atoms with Crippen molar-refractivity contribution in [2.45, 2.75) is 0 Å². The van der Waals surface area contributed by atoms with Gasteiger partial charge in [-0.2, -0.15) is 5.10 Å². The quantitative estimate of drug-likeness (QED) is 0.566. The van der Waals surface area contributed by atoms with E-state index in [0.29, 0.717) is 17.4 Å². The Kier molecular flexibility index (Phi) is 3.01. The summed E-state index contributed by atoms with van der Waals surface area (Å²) < 4.78 is 6.87. The van der Waals surface area contributed by atoms with Gasteiger partial charge < -0.3 is 4.42 Å². The molecule has 0 aliphatic carbocycles. The minimum absolute atomic E-state index is 0.548. The molecular formula is C12H10N6O. The largest absolute Gasteiger partial charge is 0.463 e. The highest BCUT2D eigenvalue weighted by molar-refractivity contribution is 5.76. The van der Waals surface area contributed by atoms with Crippen LogP contribution >= 0.6 is 0 Å². The predicted molar refractivity (Wildman–Crippen MR) is 69.1 cm³/mol. The van der Waals surface area contributed by atoms with Crippen LogP contribution in [0, 0.1) is 0 Å². The van der Waals surface area contributed by atoms with Crippen molar-refractivity contribution in [2.75, 3.05) is 5.43 Å². The van der Waals surface area contributed by atoms with E-state index in [2.05, 4.69) is 25.7 Å². The maximum atomic E-state index is 5.10. The molecule has 0 aliphatic heterocycles. The summed E-state index contributed by atoms with van der Waals surface area (Å²) in [5.74, 6) is 1.90. The number of rotatable bonds is 4. The first-order valence-corrected chi connectivity index (χ1v) is 5.56. The van der Waals surface area contributed by atoms with Crippen molar-refractivity contribution in [2.24, 2.45) is 5.10 Å². The maximum absolute atomic E-state index is 5.10. The average molecular weight is 254 g/mol. The van der Waals surface area contributed by atoms with Crippen LogP contribution in [0.2, 0.25) is 0 Å². The van der Waals surface area contributed by atoms with Gasteiger partial charge in [0.1, 0.15) is 12.1 Å². The summed E-state index contributed by atoms with van der Waals surface area (Å²) >= 11 is 0. The summed E-state index contributed by atoms with van der Waals surface area (Å²) in [6, 6.07) is 7.20. The van der Waals surface area contributed by atoms with Gasteiger partial charge in [0.05, 0.1) is 12.5 Å². The molecule has 0 saturated heterocycles. The van der Waals surface area contributed by atoms with E-state index < -0.39 is 0 Å².